The molecule has 1 nitrogen and oxygen atoms in total. The van der Waals surface area contributed by atoms with Gasteiger partial charge in [0.05, 0.1) is 6.10 Å². The summed E-state index contributed by atoms with van der Waals surface area (Å²) < 4.78 is 13.5. The van der Waals surface area contributed by atoms with Gasteiger partial charge in [-0.25, -0.2) is 4.39 Å². The van der Waals surface area contributed by atoms with E-state index in [1.54, 1.807) is 18.2 Å². The highest BCUT2D eigenvalue weighted by atomic mass is 19.1. The molecule has 0 aliphatic rings. The lowest BCUT2D eigenvalue weighted by atomic mass is 9.98. The Balaban J connectivity index is 2.20. The lowest BCUT2D eigenvalue weighted by Crippen LogP contribution is -2.05. The van der Waals surface area contributed by atoms with Crippen molar-refractivity contribution in [1.82, 2.24) is 0 Å². The average molecular weight is 230 g/mol. The first-order chi connectivity index (χ1) is 8.18. The largest absolute Gasteiger partial charge is 0.388 e. The third-order valence-corrected chi connectivity index (χ3v) is 2.94. The van der Waals surface area contributed by atoms with Crippen molar-refractivity contribution in [2.24, 2.45) is 0 Å². The van der Waals surface area contributed by atoms with E-state index < -0.39 is 6.10 Å². The van der Waals surface area contributed by atoms with Gasteiger partial charge < -0.3 is 5.11 Å². The molecule has 88 valence electrons. The quantitative estimate of drug-likeness (QED) is 0.856. The van der Waals surface area contributed by atoms with E-state index in [1.807, 2.05) is 31.2 Å². The van der Waals surface area contributed by atoms with Crippen molar-refractivity contribution < 1.29 is 9.50 Å². The van der Waals surface area contributed by atoms with Crippen LogP contribution in [0.15, 0.2) is 48.5 Å². The zero-order valence-corrected chi connectivity index (χ0v) is 9.73. The Bertz CT molecular complexity index is 508. The standard InChI is InChI=1S/C15H15FO/c1-11-6-2-3-7-12(11)10-15(17)13-8-4-5-9-14(13)16/h2-9,15,17H,10H2,1H3. The first-order valence-corrected chi connectivity index (χ1v) is 5.65. The average Bonchev–Trinajstić information content (AvgIpc) is 2.32. The number of aliphatic hydroxyl groups is 1. The summed E-state index contributed by atoms with van der Waals surface area (Å²) in [5.74, 6) is -0.353. The van der Waals surface area contributed by atoms with E-state index in [4.69, 9.17) is 0 Å². The number of halogens is 1. The van der Waals surface area contributed by atoms with Crippen LogP contribution >= 0.6 is 0 Å². The van der Waals surface area contributed by atoms with Gasteiger partial charge in [0.1, 0.15) is 5.82 Å². The molecule has 2 aromatic rings. The first kappa shape index (κ1) is 11.8. The van der Waals surface area contributed by atoms with E-state index in [9.17, 15) is 9.50 Å². The van der Waals surface area contributed by atoms with E-state index in [1.165, 1.54) is 6.07 Å². The maximum atomic E-state index is 13.5. The molecule has 1 unspecified atom stereocenters. The predicted molar refractivity (Wildman–Crippen MR) is 66.2 cm³/mol. The molecule has 0 fully saturated rings. The number of rotatable bonds is 3. The van der Waals surface area contributed by atoms with Crippen LogP contribution in [0.25, 0.3) is 0 Å². The smallest absolute Gasteiger partial charge is 0.129 e. The predicted octanol–water partition coefficient (Wildman–Crippen LogP) is 3.41. The van der Waals surface area contributed by atoms with Crippen molar-refractivity contribution >= 4 is 0 Å². The Kier molecular flexibility index (Phi) is 3.55. The van der Waals surface area contributed by atoms with Gasteiger partial charge in [-0.3, -0.25) is 0 Å². The van der Waals surface area contributed by atoms with Crippen LogP contribution in [0.2, 0.25) is 0 Å². The molecule has 0 saturated carbocycles. The minimum Gasteiger partial charge on any atom is -0.388 e. The molecule has 0 spiro atoms. The Labute approximate surface area is 101 Å². The molecule has 1 N–H and O–H groups in total. The molecule has 0 aliphatic heterocycles. The fourth-order valence-corrected chi connectivity index (χ4v) is 1.90. The van der Waals surface area contributed by atoms with Crippen LogP contribution in [0.5, 0.6) is 0 Å². The van der Waals surface area contributed by atoms with Crippen LogP contribution in [0.1, 0.15) is 22.8 Å². The molecule has 2 heteroatoms. The van der Waals surface area contributed by atoms with Gasteiger partial charge in [-0.2, -0.15) is 0 Å². The van der Waals surface area contributed by atoms with Gasteiger partial charge in [0, 0.05) is 12.0 Å². The third kappa shape index (κ3) is 2.71. The van der Waals surface area contributed by atoms with Gasteiger partial charge >= 0.3 is 0 Å². The highest BCUT2D eigenvalue weighted by Gasteiger charge is 2.13. The Hall–Kier alpha value is -1.67. The van der Waals surface area contributed by atoms with Crippen LogP contribution in [0, 0.1) is 12.7 Å². The Morgan fingerprint density at radius 2 is 1.71 bits per heavy atom. The summed E-state index contributed by atoms with van der Waals surface area (Å²) in [6, 6.07) is 14.2. The fourth-order valence-electron chi connectivity index (χ4n) is 1.90. The molecule has 0 amide bonds. The molecule has 0 aromatic heterocycles. The van der Waals surface area contributed by atoms with Crippen LogP contribution in [-0.2, 0) is 6.42 Å². The summed E-state index contributed by atoms with van der Waals surface area (Å²) in [5.41, 5.74) is 2.52. The van der Waals surface area contributed by atoms with Gasteiger partial charge in [0.25, 0.3) is 0 Å². The molecule has 0 bridgehead atoms. The molecule has 0 heterocycles. The topological polar surface area (TPSA) is 20.2 Å². The van der Waals surface area contributed by atoms with Crippen LogP contribution in [0.4, 0.5) is 4.39 Å². The number of aryl methyl sites for hydroxylation is 1. The highest BCUT2D eigenvalue weighted by Crippen LogP contribution is 2.22. The van der Waals surface area contributed by atoms with Gasteiger partial charge in [-0.1, -0.05) is 42.5 Å². The minimum absolute atomic E-state index is 0.353. The van der Waals surface area contributed by atoms with Crippen LogP contribution < -0.4 is 0 Å². The van der Waals surface area contributed by atoms with Gasteiger partial charge in [-0.05, 0) is 24.1 Å². The summed E-state index contributed by atoms with van der Waals surface area (Å²) in [7, 11) is 0. The van der Waals surface area contributed by atoms with Crippen molar-refractivity contribution in [3.05, 3.63) is 71.0 Å². The molecular formula is C15H15FO. The van der Waals surface area contributed by atoms with Gasteiger partial charge in [-0.15, -0.1) is 0 Å². The normalized spacial score (nSPS) is 12.4. The summed E-state index contributed by atoms with van der Waals surface area (Å²) in [6.45, 7) is 1.99. The van der Waals surface area contributed by atoms with Crippen molar-refractivity contribution in [1.29, 1.82) is 0 Å². The third-order valence-electron chi connectivity index (χ3n) is 2.94. The van der Waals surface area contributed by atoms with Crippen LogP contribution in [-0.4, -0.2) is 5.11 Å². The summed E-state index contributed by atoms with van der Waals surface area (Å²) in [6.07, 6.45) is -0.356. The lowest BCUT2D eigenvalue weighted by Gasteiger charge is -2.13. The van der Waals surface area contributed by atoms with E-state index in [0.717, 1.165) is 11.1 Å². The summed E-state index contributed by atoms with van der Waals surface area (Å²) in [4.78, 5) is 0. The molecule has 0 aliphatic carbocycles. The van der Waals surface area contributed by atoms with Crippen molar-refractivity contribution in [3.63, 3.8) is 0 Å². The van der Waals surface area contributed by atoms with E-state index in [2.05, 4.69) is 0 Å². The van der Waals surface area contributed by atoms with Crippen LogP contribution in [0.3, 0.4) is 0 Å². The van der Waals surface area contributed by atoms with Crippen molar-refractivity contribution in [2.75, 3.05) is 0 Å². The first-order valence-electron chi connectivity index (χ1n) is 5.65. The number of hydrogen-bond acceptors (Lipinski definition) is 1. The number of benzene rings is 2. The maximum absolute atomic E-state index is 13.5. The second kappa shape index (κ2) is 5.11. The van der Waals surface area contributed by atoms with Gasteiger partial charge in [0.2, 0.25) is 0 Å². The molecular weight excluding hydrogens is 215 g/mol. The molecule has 2 rings (SSSR count). The summed E-state index contributed by atoms with van der Waals surface area (Å²) >= 11 is 0. The monoisotopic (exact) mass is 230 g/mol. The van der Waals surface area contributed by atoms with E-state index in [-0.39, 0.29) is 5.82 Å². The lowest BCUT2D eigenvalue weighted by molar-refractivity contribution is 0.173. The zero-order valence-electron chi connectivity index (χ0n) is 9.73. The Morgan fingerprint density at radius 3 is 2.41 bits per heavy atom. The van der Waals surface area contributed by atoms with Crippen molar-refractivity contribution in [3.8, 4) is 0 Å². The molecule has 0 saturated heterocycles. The van der Waals surface area contributed by atoms with Crippen molar-refractivity contribution in [2.45, 2.75) is 19.4 Å². The molecule has 1 atom stereocenters. The Morgan fingerprint density at radius 1 is 1.06 bits per heavy atom. The van der Waals surface area contributed by atoms with E-state index >= 15 is 0 Å². The van der Waals surface area contributed by atoms with E-state index in [0.29, 0.717) is 12.0 Å². The molecule has 2 aromatic carbocycles. The zero-order chi connectivity index (χ0) is 12.3. The fraction of sp³-hybridized carbons (Fsp3) is 0.200. The maximum Gasteiger partial charge on any atom is 0.129 e. The second-order valence-electron chi connectivity index (χ2n) is 4.17. The summed E-state index contributed by atoms with van der Waals surface area (Å²) in [5, 5.41) is 10.0. The highest BCUT2D eigenvalue weighted by molar-refractivity contribution is 5.28. The minimum atomic E-state index is -0.794. The molecule has 17 heavy (non-hydrogen) atoms. The molecule has 0 radical (unpaired) electrons. The second-order valence-corrected chi connectivity index (χ2v) is 4.17. The number of hydrogen-bond donors (Lipinski definition) is 1. The van der Waals surface area contributed by atoms with Gasteiger partial charge in [0.15, 0.2) is 0 Å². The SMILES string of the molecule is Cc1ccccc1CC(O)c1ccccc1F. The number of aliphatic hydroxyl groups excluding tert-OH is 1.